The minimum atomic E-state index is 0.302. The predicted octanol–water partition coefficient (Wildman–Crippen LogP) is 1.59. The van der Waals surface area contributed by atoms with Gasteiger partial charge in [-0.25, -0.2) is 15.0 Å². The summed E-state index contributed by atoms with van der Waals surface area (Å²) < 4.78 is 0. The molecule has 6 heteroatoms. The topological polar surface area (TPSA) is 85.0 Å². The summed E-state index contributed by atoms with van der Waals surface area (Å²) in [6.45, 7) is 3.40. The normalized spacial score (nSPS) is 14.2. The van der Waals surface area contributed by atoms with E-state index in [4.69, 9.17) is 5.73 Å². The number of rotatable bonds is 2. The van der Waals surface area contributed by atoms with Crippen molar-refractivity contribution in [3.63, 3.8) is 0 Å². The van der Waals surface area contributed by atoms with Gasteiger partial charge in [-0.15, -0.1) is 0 Å². The molecule has 0 spiro atoms. The van der Waals surface area contributed by atoms with Crippen LogP contribution in [-0.4, -0.2) is 33.8 Å². The van der Waals surface area contributed by atoms with Crippen LogP contribution >= 0.6 is 0 Å². The van der Waals surface area contributed by atoms with Crippen molar-refractivity contribution < 1.29 is 4.79 Å². The maximum atomic E-state index is 11.5. The van der Waals surface area contributed by atoms with E-state index in [1.807, 2.05) is 13.0 Å². The molecule has 0 aliphatic carbocycles. The highest BCUT2D eigenvalue weighted by Gasteiger charge is 2.21. The Morgan fingerprint density at radius 3 is 2.62 bits per heavy atom. The van der Waals surface area contributed by atoms with E-state index in [1.54, 1.807) is 18.6 Å². The van der Waals surface area contributed by atoms with Crippen LogP contribution < -0.4 is 10.6 Å². The number of aromatic nitrogens is 3. The van der Waals surface area contributed by atoms with E-state index in [2.05, 4.69) is 31.7 Å². The van der Waals surface area contributed by atoms with Crippen LogP contribution in [0.4, 0.5) is 11.6 Å². The van der Waals surface area contributed by atoms with Crippen molar-refractivity contribution in [2.75, 3.05) is 23.7 Å². The molecule has 122 valence electrons. The van der Waals surface area contributed by atoms with Gasteiger partial charge in [0.25, 0.3) is 0 Å². The second-order valence-corrected chi connectivity index (χ2v) is 5.62. The molecule has 0 aromatic carbocycles. The van der Waals surface area contributed by atoms with Crippen molar-refractivity contribution in [3.8, 4) is 11.8 Å². The molecule has 1 aliphatic rings. The fraction of sp³-hybridized carbons (Fsp3) is 0.333. The van der Waals surface area contributed by atoms with Crippen LogP contribution in [0.3, 0.4) is 0 Å². The van der Waals surface area contributed by atoms with Gasteiger partial charge < -0.3 is 10.6 Å². The van der Waals surface area contributed by atoms with Gasteiger partial charge in [0.1, 0.15) is 23.7 Å². The Kier molecular flexibility index (Phi) is 4.71. The number of piperidine rings is 1. The lowest BCUT2D eigenvalue weighted by molar-refractivity contribution is -0.119. The smallest absolute Gasteiger partial charge is 0.148 e. The number of nitrogens with two attached hydrogens (primary N) is 1. The Bertz CT molecular complexity index is 794. The van der Waals surface area contributed by atoms with Gasteiger partial charge in [-0.3, -0.25) is 4.79 Å². The van der Waals surface area contributed by atoms with Crippen LogP contribution in [0.25, 0.3) is 0 Å². The summed E-state index contributed by atoms with van der Waals surface area (Å²) in [6, 6.07) is 3.56. The quantitative estimate of drug-likeness (QED) is 0.846. The third-order valence-corrected chi connectivity index (χ3v) is 3.98. The third-order valence-electron chi connectivity index (χ3n) is 3.98. The Labute approximate surface area is 141 Å². The number of ketones is 1. The molecule has 0 atom stereocenters. The first kappa shape index (κ1) is 15.9. The number of carbonyl (C=O) groups excluding carboxylic acids is 1. The fourth-order valence-corrected chi connectivity index (χ4v) is 2.63. The van der Waals surface area contributed by atoms with E-state index in [1.165, 1.54) is 0 Å². The van der Waals surface area contributed by atoms with Gasteiger partial charge in [0.2, 0.25) is 0 Å². The van der Waals surface area contributed by atoms with Crippen molar-refractivity contribution in [2.24, 2.45) is 0 Å². The summed E-state index contributed by atoms with van der Waals surface area (Å²) in [5.74, 6) is 7.89. The van der Waals surface area contributed by atoms with Gasteiger partial charge in [0.05, 0.1) is 11.3 Å². The minimum absolute atomic E-state index is 0.302. The lowest BCUT2D eigenvalue weighted by Gasteiger charge is -2.28. The maximum Gasteiger partial charge on any atom is 0.148 e. The Balaban J connectivity index is 1.96. The van der Waals surface area contributed by atoms with Crippen molar-refractivity contribution in [1.82, 2.24) is 15.0 Å². The molecule has 0 saturated carbocycles. The van der Waals surface area contributed by atoms with Crippen molar-refractivity contribution in [2.45, 2.75) is 26.2 Å². The van der Waals surface area contributed by atoms with Gasteiger partial charge in [-0.05, 0) is 18.6 Å². The molecule has 0 radical (unpaired) electrons. The van der Waals surface area contributed by atoms with Gasteiger partial charge >= 0.3 is 0 Å². The zero-order valence-corrected chi connectivity index (χ0v) is 13.6. The average Bonchev–Trinajstić information content (AvgIpc) is 2.61. The van der Waals surface area contributed by atoms with Gasteiger partial charge in [0, 0.05) is 37.7 Å². The summed E-state index contributed by atoms with van der Waals surface area (Å²) in [6.07, 6.45) is 5.10. The molecule has 3 rings (SSSR count). The third kappa shape index (κ3) is 3.51. The summed E-state index contributed by atoms with van der Waals surface area (Å²) >= 11 is 0. The van der Waals surface area contributed by atoms with Crippen LogP contribution in [0.15, 0.2) is 24.7 Å². The van der Waals surface area contributed by atoms with Gasteiger partial charge in [-0.1, -0.05) is 18.8 Å². The summed E-state index contributed by atoms with van der Waals surface area (Å²) in [4.78, 5) is 26.4. The van der Waals surface area contributed by atoms with Crippen LogP contribution in [0, 0.1) is 11.8 Å². The molecular weight excluding hydrogens is 302 g/mol. The molecular formula is C18H19N5O. The van der Waals surface area contributed by atoms with E-state index >= 15 is 0 Å². The first-order chi connectivity index (χ1) is 11.7. The molecule has 3 heterocycles. The number of nitrogen functional groups attached to an aromatic ring is 1. The number of Topliss-reactive ketones (excluding diaryl/α,β-unsaturated/α-hetero) is 1. The van der Waals surface area contributed by atoms with E-state index in [-0.39, 0.29) is 0 Å². The summed E-state index contributed by atoms with van der Waals surface area (Å²) in [5.41, 5.74) is 8.12. The van der Waals surface area contributed by atoms with E-state index in [0.717, 1.165) is 29.1 Å². The van der Waals surface area contributed by atoms with Crippen molar-refractivity contribution in [3.05, 3.63) is 41.5 Å². The van der Waals surface area contributed by atoms with Crippen LogP contribution in [0.2, 0.25) is 0 Å². The van der Waals surface area contributed by atoms with Gasteiger partial charge in [0.15, 0.2) is 0 Å². The van der Waals surface area contributed by atoms with Gasteiger partial charge in [-0.2, -0.15) is 0 Å². The van der Waals surface area contributed by atoms with Crippen molar-refractivity contribution in [1.29, 1.82) is 0 Å². The van der Waals surface area contributed by atoms with Crippen LogP contribution in [0.1, 0.15) is 36.6 Å². The Hall–Kier alpha value is -2.94. The number of nitrogens with zero attached hydrogens (tertiary/aromatic N) is 4. The zero-order valence-electron chi connectivity index (χ0n) is 13.6. The average molecular weight is 321 g/mol. The number of hydrogen-bond acceptors (Lipinski definition) is 6. The van der Waals surface area contributed by atoms with Crippen LogP contribution in [-0.2, 0) is 11.2 Å². The number of carbonyl (C=O) groups is 1. The SMILES string of the molecule is CCc1ncnc(N2CCC(=O)CC2)c1C#Cc1ccc(N)nc1. The molecule has 6 nitrogen and oxygen atoms in total. The highest BCUT2D eigenvalue weighted by molar-refractivity contribution is 5.81. The molecule has 2 N–H and O–H groups in total. The van der Waals surface area contributed by atoms with Crippen molar-refractivity contribution >= 4 is 17.4 Å². The predicted molar refractivity (Wildman–Crippen MR) is 92.5 cm³/mol. The lowest BCUT2D eigenvalue weighted by Crippen LogP contribution is -2.35. The molecule has 0 unspecified atom stereocenters. The molecule has 2 aromatic heterocycles. The zero-order chi connectivity index (χ0) is 16.9. The minimum Gasteiger partial charge on any atom is -0.384 e. The van der Waals surface area contributed by atoms with Crippen LogP contribution in [0.5, 0.6) is 0 Å². The largest absolute Gasteiger partial charge is 0.384 e. The second-order valence-electron chi connectivity index (χ2n) is 5.62. The number of hydrogen-bond donors (Lipinski definition) is 1. The van der Waals surface area contributed by atoms with E-state index in [9.17, 15) is 4.79 Å². The molecule has 0 bridgehead atoms. The van der Waals surface area contributed by atoms with E-state index < -0.39 is 0 Å². The fourth-order valence-electron chi connectivity index (χ4n) is 2.63. The number of anilines is 2. The maximum absolute atomic E-state index is 11.5. The standard InChI is InChI=1S/C18H19N5O/c1-2-16-15(5-3-13-4-6-17(19)20-11-13)18(22-12-21-16)23-9-7-14(24)8-10-23/h4,6,11-12H,2,7-10H2,1H3,(H2,19,20). The molecule has 2 aromatic rings. The van der Waals surface area contributed by atoms with E-state index in [0.29, 0.717) is 37.5 Å². The first-order valence-corrected chi connectivity index (χ1v) is 8.01. The second kappa shape index (κ2) is 7.09. The lowest BCUT2D eigenvalue weighted by atomic mass is 10.1. The monoisotopic (exact) mass is 321 g/mol. The Morgan fingerprint density at radius 1 is 1.17 bits per heavy atom. The molecule has 1 saturated heterocycles. The summed E-state index contributed by atoms with van der Waals surface area (Å²) in [7, 11) is 0. The number of aryl methyl sites for hydroxylation is 1. The summed E-state index contributed by atoms with van der Waals surface area (Å²) in [5, 5.41) is 0. The molecule has 0 amide bonds. The highest BCUT2D eigenvalue weighted by Crippen LogP contribution is 2.22. The Morgan fingerprint density at radius 2 is 1.96 bits per heavy atom. The first-order valence-electron chi connectivity index (χ1n) is 8.01. The molecule has 1 fully saturated rings. The highest BCUT2D eigenvalue weighted by atomic mass is 16.1. The molecule has 24 heavy (non-hydrogen) atoms. The molecule has 1 aliphatic heterocycles. The number of pyridine rings is 1.